The second kappa shape index (κ2) is 12.5. The molecule has 0 amide bonds. The van der Waals surface area contributed by atoms with Crippen molar-refractivity contribution in [3.05, 3.63) is 0 Å². The van der Waals surface area contributed by atoms with E-state index in [9.17, 15) is 0 Å². The second-order valence-corrected chi connectivity index (χ2v) is 4.24. The molecule has 0 aliphatic rings. The molecule has 0 aromatic rings. The van der Waals surface area contributed by atoms with Crippen molar-refractivity contribution in [1.29, 1.82) is 0 Å². The Morgan fingerprint density at radius 2 is 1.81 bits per heavy atom. The van der Waals surface area contributed by atoms with Crippen LogP contribution in [0, 0.1) is 12.3 Å². The third kappa shape index (κ3) is 10.0. The van der Waals surface area contributed by atoms with Gasteiger partial charge >= 0.3 is 0 Å². The van der Waals surface area contributed by atoms with Crippen LogP contribution in [0.2, 0.25) is 0 Å². The summed E-state index contributed by atoms with van der Waals surface area (Å²) in [7, 11) is 0. The molecule has 2 nitrogen and oxygen atoms in total. The van der Waals surface area contributed by atoms with Gasteiger partial charge in [-0.3, -0.25) is 4.90 Å². The van der Waals surface area contributed by atoms with Crippen molar-refractivity contribution in [2.45, 2.75) is 46.0 Å². The third-order valence-electron chi connectivity index (χ3n) is 2.77. The van der Waals surface area contributed by atoms with Gasteiger partial charge in [0.15, 0.2) is 0 Å². The Morgan fingerprint density at radius 3 is 2.44 bits per heavy atom. The van der Waals surface area contributed by atoms with E-state index in [4.69, 9.17) is 6.42 Å². The summed E-state index contributed by atoms with van der Waals surface area (Å²) in [6.45, 7) is 9.74. The Kier molecular flexibility index (Phi) is 12.1. The smallest absolute Gasteiger partial charge is 0.0598 e. The number of hydrogen-bond acceptors (Lipinski definition) is 2. The zero-order valence-electron chi connectivity index (χ0n) is 11.1. The Bertz CT molecular complexity index is 172. The number of rotatable bonds is 11. The molecule has 0 atom stereocenters. The van der Waals surface area contributed by atoms with Crippen molar-refractivity contribution >= 4 is 0 Å². The van der Waals surface area contributed by atoms with Crippen LogP contribution in [-0.2, 0) is 0 Å². The molecule has 0 aliphatic carbocycles. The molecule has 0 aromatic carbocycles. The summed E-state index contributed by atoms with van der Waals surface area (Å²) >= 11 is 0. The maximum Gasteiger partial charge on any atom is 0.0598 e. The summed E-state index contributed by atoms with van der Waals surface area (Å²) in [6.07, 6.45) is 11.8. The topological polar surface area (TPSA) is 15.3 Å². The zero-order valence-corrected chi connectivity index (χ0v) is 11.1. The fourth-order valence-electron chi connectivity index (χ4n) is 1.72. The van der Waals surface area contributed by atoms with Gasteiger partial charge in [0.05, 0.1) is 6.54 Å². The highest BCUT2D eigenvalue weighted by atomic mass is 15.1. The summed E-state index contributed by atoms with van der Waals surface area (Å²) in [5, 5.41) is 3.43. The van der Waals surface area contributed by atoms with Gasteiger partial charge in [0.1, 0.15) is 0 Å². The van der Waals surface area contributed by atoms with Crippen LogP contribution in [0.1, 0.15) is 46.0 Å². The van der Waals surface area contributed by atoms with E-state index in [1.165, 1.54) is 38.6 Å². The number of terminal acetylenes is 1. The van der Waals surface area contributed by atoms with Gasteiger partial charge in [-0.2, -0.15) is 0 Å². The first-order valence-electron chi connectivity index (χ1n) is 6.71. The molecule has 2 heteroatoms. The largest absolute Gasteiger partial charge is 0.317 e. The van der Waals surface area contributed by atoms with Gasteiger partial charge in [0.2, 0.25) is 0 Å². The highest BCUT2D eigenvalue weighted by Crippen LogP contribution is 2.01. The van der Waals surface area contributed by atoms with Crippen molar-refractivity contribution in [2.24, 2.45) is 0 Å². The zero-order chi connectivity index (χ0) is 12.1. The van der Waals surface area contributed by atoms with Gasteiger partial charge in [0.25, 0.3) is 0 Å². The van der Waals surface area contributed by atoms with E-state index >= 15 is 0 Å². The lowest BCUT2D eigenvalue weighted by molar-refractivity contribution is 0.314. The van der Waals surface area contributed by atoms with Crippen molar-refractivity contribution in [3.8, 4) is 12.3 Å². The first kappa shape index (κ1) is 15.5. The lowest BCUT2D eigenvalue weighted by atomic mass is 10.2. The van der Waals surface area contributed by atoms with Crippen LogP contribution < -0.4 is 5.32 Å². The van der Waals surface area contributed by atoms with E-state index in [0.29, 0.717) is 0 Å². The molecule has 0 rings (SSSR count). The van der Waals surface area contributed by atoms with E-state index in [1.54, 1.807) is 0 Å². The van der Waals surface area contributed by atoms with Crippen LogP contribution >= 0.6 is 0 Å². The standard InChI is InChI=1S/C14H28N2/c1-4-11-15-12-9-7-8-10-14-16(6-3)13-5-2/h2,15H,4,6-14H2,1,3H3. The molecule has 94 valence electrons. The van der Waals surface area contributed by atoms with Gasteiger partial charge < -0.3 is 5.32 Å². The lowest BCUT2D eigenvalue weighted by Crippen LogP contribution is -2.24. The summed E-state index contributed by atoms with van der Waals surface area (Å²) in [4.78, 5) is 2.33. The molecule has 1 N–H and O–H groups in total. The van der Waals surface area contributed by atoms with E-state index in [1.807, 2.05) is 0 Å². The van der Waals surface area contributed by atoms with Gasteiger partial charge in [-0.15, -0.1) is 6.42 Å². The first-order chi connectivity index (χ1) is 7.85. The fraction of sp³-hybridized carbons (Fsp3) is 0.857. The third-order valence-corrected chi connectivity index (χ3v) is 2.77. The highest BCUT2D eigenvalue weighted by Gasteiger charge is 1.98. The van der Waals surface area contributed by atoms with Crippen molar-refractivity contribution in [2.75, 3.05) is 32.7 Å². The normalized spacial score (nSPS) is 10.6. The molecule has 0 fully saturated rings. The van der Waals surface area contributed by atoms with Crippen LogP contribution in [0.4, 0.5) is 0 Å². The van der Waals surface area contributed by atoms with Crippen LogP contribution in [-0.4, -0.2) is 37.6 Å². The summed E-state index contributed by atoms with van der Waals surface area (Å²) < 4.78 is 0. The minimum absolute atomic E-state index is 0.800. The predicted octanol–water partition coefficient (Wildman–Crippen LogP) is 2.50. The summed E-state index contributed by atoms with van der Waals surface area (Å²) in [5.74, 6) is 2.71. The molecular weight excluding hydrogens is 196 g/mol. The van der Waals surface area contributed by atoms with Crippen LogP contribution in [0.15, 0.2) is 0 Å². The molecule has 0 radical (unpaired) electrons. The van der Waals surface area contributed by atoms with Crippen LogP contribution in [0.3, 0.4) is 0 Å². The van der Waals surface area contributed by atoms with Crippen molar-refractivity contribution in [1.82, 2.24) is 10.2 Å². The number of nitrogens with zero attached hydrogens (tertiary/aromatic N) is 1. The minimum Gasteiger partial charge on any atom is -0.317 e. The molecule has 0 heterocycles. The molecule has 0 aromatic heterocycles. The Hall–Kier alpha value is -0.520. The molecule has 0 unspecified atom stereocenters. The van der Waals surface area contributed by atoms with Gasteiger partial charge in [-0.25, -0.2) is 0 Å². The van der Waals surface area contributed by atoms with Gasteiger partial charge in [-0.05, 0) is 45.4 Å². The Balaban J connectivity index is 3.16. The molecule has 0 saturated heterocycles. The highest BCUT2D eigenvalue weighted by molar-refractivity contribution is 4.87. The molecule has 0 saturated carbocycles. The first-order valence-corrected chi connectivity index (χ1v) is 6.71. The van der Waals surface area contributed by atoms with E-state index in [0.717, 1.165) is 26.2 Å². The Labute approximate surface area is 102 Å². The van der Waals surface area contributed by atoms with E-state index < -0.39 is 0 Å². The molecule has 0 bridgehead atoms. The quantitative estimate of drug-likeness (QED) is 0.428. The van der Waals surface area contributed by atoms with Gasteiger partial charge in [-0.1, -0.05) is 32.6 Å². The lowest BCUT2D eigenvalue weighted by Gasteiger charge is -2.16. The van der Waals surface area contributed by atoms with Crippen molar-refractivity contribution in [3.63, 3.8) is 0 Å². The average Bonchev–Trinajstić information content (AvgIpc) is 2.31. The fourth-order valence-corrected chi connectivity index (χ4v) is 1.72. The van der Waals surface area contributed by atoms with Crippen molar-refractivity contribution < 1.29 is 0 Å². The predicted molar refractivity (Wildman–Crippen MR) is 72.6 cm³/mol. The molecule has 0 aliphatic heterocycles. The monoisotopic (exact) mass is 224 g/mol. The number of hydrogen-bond donors (Lipinski definition) is 1. The van der Waals surface area contributed by atoms with Crippen LogP contribution in [0.5, 0.6) is 0 Å². The van der Waals surface area contributed by atoms with E-state index in [2.05, 4.69) is 30.0 Å². The maximum absolute atomic E-state index is 5.30. The Morgan fingerprint density at radius 1 is 1.06 bits per heavy atom. The molecular formula is C14H28N2. The van der Waals surface area contributed by atoms with Crippen LogP contribution in [0.25, 0.3) is 0 Å². The second-order valence-electron chi connectivity index (χ2n) is 4.24. The SMILES string of the molecule is C#CCN(CC)CCCCCCNCCC. The average molecular weight is 224 g/mol. The number of unbranched alkanes of at least 4 members (excludes halogenated alkanes) is 3. The van der Waals surface area contributed by atoms with E-state index in [-0.39, 0.29) is 0 Å². The van der Waals surface area contributed by atoms with Gasteiger partial charge in [0, 0.05) is 0 Å². The molecule has 16 heavy (non-hydrogen) atoms. The summed E-state index contributed by atoms with van der Waals surface area (Å²) in [5.41, 5.74) is 0. The summed E-state index contributed by atoms with van der Waals surface area (Å²) in [6, 6.07) is 0. The maximum atomic E-state index is 5.30. The minimum atomic E-state index is 0.800. The number of nitrogens with one attached hydrogen (secondary N) is 1. The molecule has 0 spiro atoms.